The molecule has 0 spiro atoms. The van der Waals surface area contributed by atoms with Gasteiger partial charge in [0.1, 0.15) is 0 Å². The van der Waals surface area contributed by atoms with Gasteiger partial charge in [0.2, 0.25) is 0 Å². The molecule has 0 bridgehead atoms. The summed E-state index contributed by atoms with van der Waals surface area (Å²) in [6, 6.07) is 10.8. The van der Waals surface area contributed by atoms with Crippen molar-refractivity contribution in [1.82, 2.24) is 4.90 Å². The van der Waals surface area contributed by atoms with Gasteiger partial charge in [-0.2, -0.15) is 0 Å². The molecule has 1 saturated heterocycles. The molecule has 1 aromatic rings. The molecule has 0 aromatic heterocycles. The first kappa shape index (κ1) is 8.73. The molecule has 0 aliphatic carbocycles. The number of hydrogen-bond acceptors (Lipinski definition) is 2. The fourth-order valence-electron chi connectivity index (χ4n) is 2.04. The summed E-state index contributed by atoms with van der Waals surface area (Å²) in [5.41, 5.74) is 1.31. The summed E-state index contributed by atoms with van der Waals surface area (Å²) in [5.74, 6) is 0. The number of nitrogens with zero attached hydrogens (tertiary/aromatic N) is 1. The van der Waals surface area contributed by atoms with Gasteiger partial charge < -0.3 is 5.11 Å². The molecule has 0 unspecified atom stereocenters. The number of aliphatic hydroxyl groups excluding tert-OH is 1. The smallest absolute Gasteiger partial charge is 0.0685 e. The van der Waals surface area contributed by atoms with E-state index in [2.05, 4.69) is 24.1 Å². The Morgan fingerprint density at radius 1 is 1.31 bits per heavy atom. The van der Waals surface area contributed by atoms with Crippen LogP contribution < -0.4 is 0 Å². The minimum atomic E-state index is -0.157. The lowest BCUT2D eigenvalue weighted by molar-refractivity contribution is 0.182. The molecule has 0 saturated carbocycles. The fourth-order valence-corrected chi connectivity index (χ4v) is 2.04. The predicted molar refractivity (Wildman–Crippen MR) is 52.4 cm³/mol. The summed E-state index contributed by atoms with van der Waals surface area (Å²) in [5, 5.41) is 9.49. The molecule has 1 N–H and O–H groups in total. The van der Waals surface area contributed by atoms with Crippen LogP contribution in [0.2, 0.25) is 0 Å². The quantitative estimate of drug-likeness (QED) is 0.701. The molecule has 1 aliphatic heterocycles. The second-order valence-electron chi connectivity index (χ2n) is 3.76. The molecule has 1 fully saturated rings. The SMILES string of the molecule is CN1C[C@H](O)C[C@H]1c1ccccc1. The Hall–Kier alpha value is -0.860. The second-order valence-corrected chi connectivity index (χ2v) is 3.76. The van der Waals surface area contributed by atoms with Crippen molar-refractivity contribution in [2.24, 2.45) is 0 Å². The Morgan fingerprint density at radius 3 is 2.54 bits per heavy atom. The van der Waals surface area contributed by atoms with Crippen molar-refractivity contribution < 1.29 is 5.11 Å². The van der Waals surface area contributed by atoms with Crippen molar-refractivity contribution in [3.8, 4) is 0 Å². The van der Waals surface area contributed by atoms with E-state index in [1.165, 1.54) is 5.56 Å². The molecule has 2 rings (SSSR count). The normalized spacial score (nSPS) is 29.4. The van der Waals surface area contributed by atoms with E-state index in [0.717, 1.165) is 13.0 Å². The van der Waals surface area contributed by atoms with Crippen LogP contribution >= 0.6 is 0 Å². The highest BCUT2D eigenvalue weighted by atomic mass is 16.3. The van der Waals surface area contributed by atoms with E-state index in [1.807, 2.05) is 18.2 Å². The third kappa shape index (κ3) is 1.74. The van der Waals surface area contributed by atoms with E-state index < -0.39 is 0 Å². The first-order chi connectivity index (χ1) is 6.27. The van der Waals surface area contributed by atoms with Gasteiger partial charge in [0.25, 0.3) is 0 Å². The maximum Gasteiger partial charge on any atom is 0.0685 e. The third-order valence-corrected chi connectivity index (χ3v) is 2.71. The minimum Gasteiger partial charge on any atom is -0.392 e. The number of hydrogen-bond donors (Lipinski definition) is 1. The van der Waals surface area contributed by atoms with Crippen LogP contribution in [0.25, 0.3) is 0 Å². The standard InChI is InChI=1S/C11H15NO/c1-12-8-10(13)7-11(12)9-5-3-2-4-6-9/h2-6,10-11,13H,7-8H2,1H3/t10-,11+/m1/s1. The molecule has 0 radical (unpaired) electrons. The zero-order valence-electron chi connectivity index (χ0n) is 7.85. The molecule has 1 heterocycles. The first-order valence-electron chi connectivity index (χ1n) is 4.70. The van der Waals surface area contributed by atoms with Gasteiger partial charge in [-0.25, -0.2) is 0 Å². The van der Waals surface area contributed by atoms with Crippen LogP contribution in [0.5, 0.6) is 0 Å². The molecular weight excluding hydrogens is 162 g/mol. The van der Waals surface area contributed by atoms with Crippen molar-refractivity contribution >= 4 is 0 Å². The molecule has 1 aliphatic rings. The summed E-state index contributed by atoms with van der Waals surface area (Å²) in [6.07, 6.45) is 0.704. The second kappa shape index (κ2) is 3.48. The van der Waals surface area contributed by atoms with Crippen molar-refractivity contribution in [2.75, 3.05) is 13.6 Å². The number of benzene rings is 1. The van der Waals surface area contributed by atoms with Crippen LogP contribution in [-0.2, 0) is 0 Å². The van der Waals surface area contributed by atoms with E-state index in [9.17, 15) is 5.11 Å². The Labute approximate surface area is 78.8 Å². The maximum atomic E-state index is 9.49. The van der Waals surface area contributed by atoms with Crippen molar-refractivity contribution in [2.45, 2.75) is 18.6 Å². The number of β-amino-alcohol motifs (C(OH)–C–C–N with tert-alkyl or cyclic N) is 1. The first-order valence-corrected chi connectivity index (χ1v) is 4.70. The molecule has 70 valence electrons. The monoisotopic (exact) mass is 177 g/mol. The van der Waals surface area contributed by atoms with Crippen LogP contribution in [0.15, 0.2) is 30.3 Å². The fraction of sp³-hybridized carbons (Fsp3) is 0.455. The van der Waals surface area contributed by atoms with Gasteiger partial charge >= 0.3 is 0 Å². The lowest BCUT2D eigenvalue weighted by Gasteiger charge is -2.18. The summed E-state index contributed by atoms with van der Waals surface area (Å²) >= 11 is 0. The minimum absolute atomic E-state index is 0.157. The molecule has 0 amide bonds. The average Bonchev–Trinajstić information content (AvgIpc) is 2.47. The number of likely N-dealkylation sites (tertiary alicyclic amines) is 1. The number of aliphatic hydroxyl groups is 1. The summed E-state index contributed by atoms with van der Waals surface area (Å²) in [4.78, 5) is 2.21. The Bertz CT molecular complexity index is 273. The van der Waals surface area contributed by atoms with Gasteiger partial charge in [-0.05, 0) is 19.0 Å². The van der Waals surface area contributed by atoms with Crippen molar-refractivity contribution in [3.63, 3.8) is 0 Å². The average molecular weight is 177 g/mol. The van der Waals surface area contributed by atoms with Crippen LogP contribution in [0.4, 0.5) is 0 Å². The molecule has 2 heteroatoms. The number of rotatable bonds is 1. The highest BCUT2D eigenvalue weighted by Crippen LogP contribution is 2.29. The van der Waals surface area contributed by atoms with E-state index in [1.54, 1.807) is 0 Å². The van der Waals surface area contributed by atoms with Crippen molar-refractivity contribution in [3.05, 3.63) is 35.9 Å². The largest absolute Gasteiger partial charge is 0.392 e. The maximum absolute atomic E-state index is 9.49. The highest BCUT2D eigenvalue weighted by molar-refractivity contribution is 5.20. The van der Waals surface area contributed by atoms with Gasteiger partial charge in [0, 0.05) is 12.6 Å². The topological polar surface area (TPSA) is 23.5 Å². The van der Waals surface area contributed by atoms with Crippen molar-refractivity contribution in [1.29, 1.82) is 0 Å². The molecule has 2 atom stereocenters. The predicted octanol–water partition coefficient (Wildman–Crippen LogP) is 1.42. The van der Waals surface area contributed by atoms with Gasteiger partial charge in [0.05, 0.1) is 6.10 Å². The third-order valence-electron chi connectivity index (χ3n) is 2.71. The lowest BCUT2D eigenvalue weighted by Crippen LogP contribution is -2.19. The Morgan fingerprint density at radius 2 is 2.00 bits per heavy atom. The Kier molecular flexibility index (Phi) is 2.34. The zero-order valence-corrected chi connectivity index (χ0v) is 7.85. The zero-order chi connectivity index (χ0) is 9.26. The molecule has 13 heavy (non-hydrogen) atoms. The lowest BCUT2D eigenvalue weighted by atomic mass is 10.0. The van der Waals surface area contributed by atoms with Crippen LogP contribution in [0.3, 0.4) is 0 Å². The van der Waals surface area contributed by atoms with Crippen LogP contribution in [0.1, 0.15) is 18.0 Å². The Balaban J connectivity index is 2.18. The molecule has 2 nitrogen and oxygen atoms in total. The van der Waals surface area contributed by atoms with Crippen LogP contribution in [-0.4, -0.2) is 29.7 Å². The van der Waals surface area contributed by atoms with Gasteiger partial charge in [0.15, 0.2) is 0 Å². The molecular formula is C11H15NO. The van der Waals surface area contributed by atoms with Gasteiger partial charge in [-0.1, -0.05) is 30.3 Å². The van der Waals surface area contributed by atoms with E-state index in [4.69, 9.17) is 0 Å². The van der Waals surface area contributed by atoms with E-state index >= 15 is 0 Å². The highest BCUT2D eigenvalue weighted by Gasteiger charge is 2.28. The van der Waals surface area contributed by atoms with Gasteiger partial charge in [-0.15, -0.1) is 0 Å². The van der Waals surface area contributed by atoms with E-state index in [-0.39, 0.29) is 6.10 Å². The van der Waals surface area contributed by atoms with E-state index in [0.29, 0.717) is 6.04 Å². The summed E-state index contributed by atoms with van der Waals surface area (Å²) < 4.78 is 0. The summed E-state index contributed by atoms with van der Waals surface area (Å²) in [7, 11) is 2.06. The summed E-state index contributed by atoms with van der Waals surface area (Å²) in [6.45, 7) is 0.791. The van der Waals surface area contributed by atoms with Gasteiger partial charge in [-0.3, -0.25) is 4.90 Å². The molecule has 1 aromatic carbocycles. The van der Waals surface area contributed by atoms with Crippen LogP contribution in [0, 0.1) is 0 Å². The number of likely N-dealkylation sites (N-methyl/N-ethyl adjacent to an activating group) is 1.